The lowest BCUT2D eigenvalue weighted by Gasteiger charge is -2.32. The molecular formula is C21H39BO2. The molecule has 0 radical (unpaired) electrons. The molecule has 0 unspecified atom stereocenters. The highest BCUT2D eigenvalue weighted by molar-refractivity contribution is 6.46. The Bertz CT molecular complexity index is 417. The zero-order chi connectivity index (χ0) is 17.8. The van der Waals surface area contributed by atoms with Gasteiger partial charge in [0.2, 0.25) is 0 Å². The van der Waals surface area contributed by atoms with Gasteiger partial charge < -0.3 is 9.31 Å². The third-order valence-electron chi connectivity index (χ3n) is 6.57. The first-order valence-corrected chi connectivity index (χ1v) is 10.3. The SMILES string of the molecule is CCCCC/C(CB1OC(C)(C)C(C)(C)O1)=C(\C)C1CCCCC1. The zero-order valence-corrected chi connectivity index (χ0v) is 17.0. The van der Waals surface area contributed by atoms with Gasteiger partial charge in [0.05, 0.1) is 11.2 Å². The highest BCUT2D eigenvalue weighted by Crippen LogP contribution is 2.40. The number of hydrogen-bond acceptors (Lipinski definition) is 2. The third kappa shape index (κ3) is 4.88. The van der Waals surface area contributed by atoms with Crippen LogP contribution in [0.2, 0.25) is 6.32 Å². The minimum absolute atomic E-state index is 0.0785. The summed E-state index contributed by atoms with van der Waals surface area (Å²) < 4.78 is 12.6. The standard InChI is InChI=1S/C21H39BO2/c1-7-8-10-15-19(17(2)18-13-11-9-12-14-18)16-22-23-20(3,4)21(5,6)24-22/h18H,7-16H2,1-6H3/b19-17-. The average molecular weight is 334 g/mol. The smallest absolute Gasteiger partial charge is 0.403 e. The summed E-state index contributed by atoms with van der Waals surface area (Å²) in [5.74, 6) is 0.804. The van der Waals surface area contributed by atoms with Gasteiger partial charge in [-0.3, -0.25) is 0 Å². The molecule has 1 saturated carbocycles. The van der Waals surface area contributed by atoms with Crippen molar-refractivity contribution in [3.05, 3.63) is 11.1 Å². The molecule has 1 saturated heterocycles. The van der Waals surface area contributed by atoms with Crippen molar-refractivity contribution in [1.29, 1.82) is 0 Å². The lowest BCUT2D eigenvalue weighted by atomic mass is 9.73. The maximum atomic E-state index is 6.28. The molecule has 0 bridgehead atoms. The van der Waals surface area contributed by atoms with Gasteiger partial charge >= 0.3 is 7.12 Å². The Balaban J connectivity index is 2.08. The first-order valence-electron chi connectivity index (χ1n) is 10.3. The highest BCUT2D eigenvalue weighted by Gasteiger charge is 2.51. The summed E-state index contributed by atoms with van der Waals surface area (Å²) in [6, 6.07) is 0. The van der Waals surface area contributed by atoms with Gasteiger partial charge in [0.1, 0.15) is 0 Å². The number of rotatable bonds is 7. The minimum atomic E-state index is -0.217. The van der Waals surface area contributed by atoms with Crippen LogP contribution in [0.15, 0.2) is 11.1 Å². The fourth-order valence-electron chi connectivity index (χ4n) is 4.12. The molecule has 2 aliphatic rings. The number of allylic oxidation sites excluding steroid dienone is 2. The fourth-order valence-corrected chi connectivity index (χ4v) is 4.12. The van der Waals surface area contributed by atoms with Gasteiger partial charge in [-0.1, -0.05) is 50.2 Å². The van der Waals surface area contributed by atoms with Crippen molar-refractivity contribution < 1.29 is 9.31 Å². The Morgan fingerprint density at radius 1 is 0.958 bits per heavy atom. The van der Waals surface area contributed by atoms with Crippen molar-refractivity contribution in [2.75, 3.05) is 0 Å². The largest absolute Gasteiger partial charge is 0.462 e. The van der Waals surface area contributed by atoms with Gasteiger partial charge in [-0.25, -0.2) is 0 Å². The number of unbranched alkanes of at least 4 members (excludes halogenated alkanes) is 2. The van der Waals surface area contributed by atoms with E-state index in [4.69, 9.17) is 9.31 Å². The summed E-state index contributed by atoms with van der Waals surface area (Å²) in [7, 11) is -0.0785. The van der Waals surface area contributed by atoms with Gasteiger partial charge in [0, 0.05) is 6.32 Å². The molecule has 0 aromatic heterocycles. The monoisotopic (exact) mass is 334 g/mol. The van der Waals surface area contributed by atoms with Crippen molar-refractivity contribution in [1.82, 2.24) is 0 Å². The van der Waals surface area contributed by atoms with E-state index in [1.54, 1.807) is 11.1 Å². The summed E-state index contributed by atoms with van der Waals surface area (Å²) in [5, 5.41) is 0. The van der Waals surface area contributed by atoms with Crippen LogP contribution >= 0.6 is 0 Å². The van der Waals surface area contributed by atoms with Crippen LogP contribution in [-0.4, -0.2) is 18.3 Å². The molecule has 0 aromatic rings. The minimum Gasteiger partial charge on any atom is -0.403 e. The van der Waals surface area contributed by atoms with Gasteiger partial charge in [0.15, 0.2) is 0 Å². The molecule has 1 aliphatic carbocycles. The van der Waals surface area contributed by atoms with Crippen LogP contribution in [-0.2, 0) is 9.31 Å². The fraction of sp³-hybridized carbons (Fsp3) is 0.905. The van der Waals surface area contributed by atoms with E-state index in [1.165, 1.54) is 57.8 Å². The van der Waals surface area contributed by atoms with Crippen LogP contribution in [0.5, 0.6) is 0 Å². The normalized spacial score (nSPS) is 25.0. The molecule has 1 heterocycles. The Morgan fingerprint density at radius 3 is 2.08 bits per heavy atom. The van der Waals surface area contributed by atoms with Gasteiger partial charge in [-0.05, 0) is 66.2 Å². The second-order valence-electron chi connectivity index (χ2n) is 8.97. The van der Waals surface area contributed by atoms with Gasteiger partial charge in [-0.2, -0.15) is 0 Å². The van der Waals surface area contributed by atoms with Crippen molar-refractivity contribution >= 4 is 7.12 Å². The molecule has 2 rings (SSSR count). The van der Waals surface area contributed by atoms with Crippen LogP contribution in [0.25, 0.3) is 0 Å². The second kappa shape index (κ2) is 8.40. The molecule has 0 spiro atoms. The topological polar surface area (TPSA) is 18.5 Å². The van der Waals surface area contributed by atoms with Gasteiger partial charge in [-0.15, -0.1) is 0 Å². The van der Waals surface area contributed by atoms with E-state index >= 15 is 0 Å². The summed E-state index contributed by atoms with van der Waals surface area (Å²) in [4.78, 5) is 0. The van der Waals surface area contributed by atoms with Crippen molar-refractivity contribution in [3.8, 4) is 0 Å². The lowest BCUT2D eigenvalue weighted by molar-refractivity contribution is 0.00578. The molecule has 0 aromatic carbocycles. The predicted octanol–water partition coefficient (Wildman–Crippen LogP) is 6.56. The van der Waals surface area contributed by atoms with Crippen LogP contribution in [0, 0.1) is 5.92 Å². The molecule has 2 nitrogen and oxygen atoms in total. The molecule has 2 fully saturated rings. The predicted molar refractivity (Wildman–Crippen MR) is 104 cm³/mol. The molecular weight excluding hydrogens is 295 g/mol. The summed E-state index contributed by atoms with van der Waals surface area (Å²) in [6.07, 6.45) is 13.1. The van der Waals surface area contributed by atoms with Crippen LogP contribution in [0.3, 0.4) is 0 Å². The maximum absolute atomic E-state index is 6.28. The van der Waals surface area contributed by atoms with E-state index in [1.807, 2.05) is 0 Å². The summed E-state index contributed by atoms with van der Waals surface area (Å²) >= 11 is 0. The molecule has 0 amide bonds. The first-order chi connectivity index (χ1) is 11.3. The summed E-state index contributed by atoms with van der Waals surface area (Å²) in [6.45, 7) is 13.3. The Kier molecular flexibility index (Phi) is 7.02. The quantitative estimate of drug-likeness (QED) is 0.298. The van der Waals surface area contributed by atoms with E-state index < -0.39 is 0 Å². The van der Waals surface area contributed by atoms with Crippen LogP contribution < -0.4 is 0 Å². The molecule has 3 heteroatoms. The van der Waals surface area contributed by atoms with Crippen LogP contribution in [0.1, 0.15) is 99.3 Å². The third-order valence-corrected chi connectivity index (χ3v) is 6.57. The Hall–Kier alpha value is -0.275. The van der Waals surface area contributed by atoms with E-state index in [0.29, 0.717) is 0 Å². The molecule has 0 atom stereocenters. The first kappa shape index (κ1) is 20.0. The Labute approximate surface area is 150 Å². The average Bonchev–Trinajstić information content (AvgIpc) is 2.73. The van der Waals surface area contributed by atoms with Crippen molar-refractivity contribution in [2.45, 2.75) is 117 Å². The molecule has 1 aliphatic heterocycles. The lowest BCUT2D eigenvalue weighted by Crippen LogP contribution is -2.41. The van der Waals surface area contributed by atoms with E-state index in [2.05, 4.69) is 41.5 Å². The highest BCUT2D eigenvalue weighted by atomic mass is 16.7. The van der Waals surface area contributed by atoms with E-state index in [-0.39, 0.29) is 18.3 Å². The van der Waals surface area contributed by atoms with Gasteiger partial charge in [0.25, 0.3) is 0 Å². The Morgan fingerprint density at radius 2 is 1.54 bits per heavy atom. The van der Waals surface area contributed by atoms with Crippen LogP contribution in [0.4, 0.5) is 0 Å². The van der Waals surface area contributed by atoms with Crippen molar-refractivity contribution in [3.63, 3.8) is 0 Å². The number of hydrogen-bond donors (Lipinski definition) is 0. The van der Waals surface area contributed by atoms with E-state index in [9.17, 15) is 0 Å². The molecule has 138 valence electrons. The zero-order valence-electron chi connectivity index (χ0n) is 17.0. The van der Waals surface area contributed by atoms with Crippen molar-refractivity contribution in [2.24, 2.45) is 5.92 Å². The molecule has 24 heavy (non-hydrogen) atoms. The summed E-state index contributed by atoms with van der Waals surface area (Å²) in [5.41, 5.74) is 2.84. The molecule has 0 N–H and O–H groups in total. The van der Waals surface area contributed by atoms with E-state index in [0.717, 1.165) is 12.2 Å². The maximum Gasteiger partial charge on any atom is 0.462 e. The second-order valence-corrected chi connectivity index (χ2v) is 8.97.